The second-order valence-corrected chi connectivity index (χ2v) is 6.37. The second-order valence-electron chi connectivity index (χ2n) is 6.37. The van der Waals surface area contributed by atoms with E-state index in [1.807, 2.05) is 20.8 Å². The molecule has 1 saturated heterocycles. The average Bonchev–Trinajstić information content (AvgIpc) is 2.09. The van der Waals surface area contributed by atoms with Crippen molar-refractivity contribution in [1.29, 1.82) is 0 Å². The third-order valence-corrected chi connectivity index (χ3v) is 3.43. The molecule has 1 amide bonds. The first kappa shape index (κ1) is 13.3. The Morgan fingerprint density at radius 3 is 2.50 bits per heavy atom. The molecule has 0 N–H and O–H groups in total. The Morgan fingerprint density at radius 1 is 1.39 bits per heavy atom. The van der Waals surface area contributed by atoms with Crippen LogP contribution < -0.4 is 0 Å². The number of aldehydes is 1. The highest BCUT2D eigenvalue weighted by Gasteiger charge is 2.54. The summed E-state index contributed by atoms with van der Waals surface area (Å²) in [5.41, 5.74) is -0.209. The van der Waals surface area contributed by atoms with E-state index >= 15 is 0 Å². The fourth-order valence-corrected chi connectivity index (χ4v) is 2.68. The lowest BCUT2D eigenvalue weighted by Gasteiger charge is -2.58. The smallest absolute Gasteiger partial charge is 0.410 e. The van der Waals surface area contributed by atoms with Crippen LogP contribution in [-0.2, 0) is 14.3 Å². The number of hydrogen-bond acceptors (Lipinski definition) is 4. The highest BCUT2D eigenvalue weighted by atomic mass is 16.6. The summed E-state index contributed by atoms with van der Waals surface area (Å²) in [6, 6.07) is 0. The van der Waals surface area contributed by atoms with E-state index in [1.165, 1.54) is 0 Å². The zero-order chi connectivity index (χ0) is 13.4. The van der Waals surface area contributed by atoms with Crippen molar-refractivity contribution in [1.82, 2.24) is 4.90 Å². The van der Waals surface area contributed by atoms with E-state index in [2.05, 4.69) is 0 Å². The second kappa shape index (κ2) is 4.53. The van der Waals surface area contributed by atoms with Gasteiger partial charge in [-0.2, -0.15) is 0 Å². The first-order chi connectivity index (χ1) is 8.34. The summed E-state index contributed by atoms with van der Waals surface area (Å²) in [6.45, 7) is 7.29. The Balaban J connectivity index is 1.69. The molecule has 5 heteroatoms. The number of carbonyl (C=O) groups excluding carboxylic acids is 2. The van der Waals surface area contributed by atoms with Crippen LogP contribution in [0.25, 0.3) is 0 Å². The summed E-state index contributed by atoms with van der Waals surface area (Å²) < 4.78 is 10.6. The van der Waals surface area contributed by atoms with Crippen LogP contribution in [-0.4, -0.2) is 48.7 Å². The Morgan fingerprint density at radius 2 is 2.00 bits per heavy atom. The molecular weight excluding hydrogens is 234 g/mol. The Hall–Kier alpha value is -1.10. The largest absolute Gasteiger partial charge is 0.444 e. The minimum atomic E-state index is -0.435. The maximum Gasteiger partial charge on any atom is 0.410 e. The van der Waals surface area contributed by atoms with Gasteiger partial charge in [0.2, 0.25) is 0 Å². The van der Waals surface area contributed by atoms with Gasteiger partial charge in [-0.25, -0.2) is 4.79 Å². The maximum absolute atomic E-state index is 11.7. The summed E-state index contributed by atoms with van der Waals surface area (Å²) in [6.07, 6.45) is 2.63. The van der Waals surface area contributed by atoms with Gasteiger partial charge < -0.3 is 19.2 Å². The van der Waals surface area contributed by atoms with Gasteiger partial charge in [-0.15, -0.1) is 0 Å². The van der Waals surface area contributed by atoms with Crippen molar-refractivity contribution >= 4 is 12.4 Å². The number of rotatable bonds is 3. The molecule has 1 aliphatic heterocycles. The van der Waals surface area contributed by atoms with E-state index in [-0.39, 0.29) is 24.2 Å². The van der Waals surface area contributed by atoms with Gasteiger partial charge in [0.05, 0.1) is 6.10 Å². The first-order valence-corrected chi connectivity index (χ1v) is 6.37. The minimum Gasteiger partial charge on any atom is -0.444 e. The molecule has 18 heavy (non-hydrogen) atoms. The molecule has 2 aliphatic rings. The molecule has 0 atom stereocenters. The van der Waals surface area contributed by atoms with Crippen molar-refractivity contribution in [2.75, 3.05) is 19.7 Å². The van der Waals surface area contributed by atoms with E-state index < -0.39 is 5.60 Å². The van der Waals surface area contributed by atoms with Gasteiger partial charge in [-0.05, 0) is 33.6 Å². The lowest BCUT2D eigenvalue weighted by molar-refractivity contribution is -0.150. The topological polar surface area (TPSA) is 55.8 Å². The van der Waals surface area contributed by atoms with Crippen molar-refractivity contribution in [3.63, 3.8) is 0 Å². The summed E-state index contributed by atoms with van der Waals surface area (Å²) in [5, 5.41) is 0. The van der Waals surface area contributed by atoms with Crippen LogP contribution in [0.2, 0.25) is 0 Å². The zero-order valence-corrected chi connectivity index (χ0v) is 11.3. The van der Waals surface area contributed by atoms with E-state index in [0.717, 1.165) is 32.2 Å². The number of likely N-dealkylation sites (tertiary alicyclic amines) is 1. The molecule has 0 bridgehead atoms. The Kier molecular flexibility index (Phi) is 3.36. The summed E-state index contributed by atoms with van der Waals surface area (Å²) in [5.74, 6) is 0. The predicted octanol–water partition coefficient (Wildman–Crippen LogP) is 1.60. The van der Waals surface area contributed by atoms with Gasteiger partial charge in [0, 0.05) is 18.5 Å². The molecule has 0 aromatic rings. The van der Waals surface area contributed by atoms with Crippen LogP contribution in [0, 0.1) is 5.41 Å². The van der Waals surface area contributed by atoms with Crippen molar-refractivity contribution in [2.24, 2.45) is 5.41 Å². The third-order valence-electron chi connectivity index (χ3n) is 3.43. The Labute approximate surface area is 107 Å². The normalized spacial score (nSPS) is 22.3. The number of hydrogen-bond donors (Lipinski definition) is 0. The number of nitrogens with zero attached hydrogens (tertiary/aromatic N) is 1. The van der Waals surface area contributed by atoms with Crippen LogP contribution >= 0.6 is 0 Å². The lowest BCUT2D eigenvalue weighted by Crippen LogP contribution is -2.65. The first-order valence-electron chi connectivity index (χ1n) is 6.37. The standard InChI is InChI=1S/C13H21NO4/c1-12(2,3)18-11(16)14-8-13(9-14)6-10(7-13)17-5-4-15/h4,10H,5-9H2,1-3H3. The molecule has 1 spiro atoms. The predicted molar refractivity (Wildman–Crippen MR) is 65.3 cm³/mol. The van der Waals surface area contributed by atoms with Crippen LogP contribution in [0.15, 0.2) is 0 Å². The van der Waals surface area contributed by atoms with Gasteiger partial charge in [-0.1, -0.05) is 0 Å². The number of amides is 1. The minimum absolute atomic E-state index is 0.177. The highest BCUT2D eigenvalue weighted by molar-refractivity contribution is 5.69. The van der Waals surface area contributed by atoms with Gasteiger partial charge in [0.1, 0.15) is 18.5 Å². The van der Waals surface area contributed by atoms with Crippen molar-refractivity contribution in [2.45, 2.75) is 45.3 Å². The van der Waals surface area contributed by atoms with E-state index in [4.69, 9.17) is 9.47 Å². The molecular formula is C13H21NO4. The van der Waals surface area contributed by atoms with Crippen molar-refractivity contribution in [3.8, 4) is 0 Å². The van der Waals surface area contributed by atoms with Gasteiger partial charge in [-0.3, -0.25) is 0 Å². The molecule has 0 aromatic carbocycles. The molecule has 1 saturated carbocycles. The van der Waals surface area contributed by atoms with Crippen molar-refractivity contribution < 1.29 is 19.1 Å². The van der Waals surface area contributed by atoms with Crippen LogP contribution in [0.1, 0.15) is 33.6 Å². The molecule has 2 rings (SSSR count). The van der Waals surface area contributed by atoms with Crippen LogP contribution in [0.3, 0.4) is 0 Å². The summed E-state index contributed by atoms with van der Waals surface area (Å²) in [7, 11) is 0. The molecule has 1 heterocycles. The molecule has 0 unspecified atom stereocenters. The van der Waals surface area contributed by atoms with Crippen LogP contribution in [0.5, 0.6) is 0 Å². The average molecular weight is 255 g/mol. The lowest BCUT2D eigenvalue weighted by atomic mass is 9.62. The number of ether oxygens (including phenoxy) is 2. The molecule has 1 aliphatic carbocycles. The number of carbonyl (C=O) groups is 2. The molecule has 5 nitrogen and oxygen atoms in total. The van der Waals surface area contributed by atoms with Crippen LogP contribution in [0.4, 0.5) is 4.79 Å². The van der Waals surface area contributed by atoms with Gasteiger partial charge >= 0.3 is 6.09 Å². The SMILES string of the molecule is CC(C)(C)OC(=O)N1CC2(CC(OCC=O)C2)C1. The van der Waals surface area contributed by atoms with E-state index in [1.54, 1.807) is 4.90 Å². The fourth-order valence-electron chi connectivity index (χ4n) is 2.68. The molecule has 102 valence electrons. The quantitative estimate of drug-likeness (QED) is 0.719. The summed E-state index contributed by atoms with van der Waals surface area (Å²) >= 11 is 0. The van der Waals surface area contributed by atoms with Gasteiger partial charge in [0.25, 0.3) is 0 Å². The highest BCUT2D eigenvalue weighted by Crippen LogP contribution is 2.49. The third kappa shape index (κ3) is 2.83. The maximum atomic E-state index is 11.7. The zero-order valence-electron chi connectivity index (χ0n) is 11.3. The monoisotopic (exact) mass is 255 g/mol. The van der Waals surface area contributed by atoms with E-state index in [0.29, 0.717) is 0 Å². The molecule has 0 radical (unpaired) electrons. The molecule has 2 fully saturated rings. The van der Waals surface area contributed by atoms with Crippen molar-refractivity contribution in [3.05, 3.63) is 0 Å². The van der Waals surface area contributed by atoms with E-state index in [9.17, 15) is 9.59 Å². The Bertz CT molecular complexity index is 333. The fraction of sp³-hybridized carbons (Fsp3) is 0.846. The summed E-state index contributed by atoms with van der Waals surface area (Å²) in [4.78, 5) is 23.7. The molecule has 0 aromatic heterocycles. The van der Waals surface area contributed by atoms with Gasteiger partial charge in [0.15, 0.2) is 0 Å².